The van der Waals surface area contributed by atoms with Gasteiger partial charge in [0.05, 0.1) is 24.4 Å². The molecule has 0 radical (unpaired) electrons. The van der Waals surface area contributed by atoms with E-state index in [2.05, 4.69) is 27.7 Å². The Morgan fingerprint density at radius 2 is 1.07 bits per heavy atom. The summed E-state index contributed by atoms with van der Waals surface area (Å²) in [5.74, 6) is 3.17. The van der Waals surface area contributed by atoms with Gasteiger partial charge in [0.2, 0.25) is 0 Å². The predicted molar refractivity (Wildman–Crippen MR) is 110 cm³/mol. The molecule has 4 rings (SSSR count). The summed E-state index contributed by atoms with van der Waals surface area (Å²) in [6, 6.07) is 0. The second kappa shape index (κ2) is 8.53. The maximum atomic E-state index is 6.36. The Labute approximate surface area is 172 Å². The summed E-state index contributed by atoms with van der Waals surface area (Å²) < 4.78 is 24.7. The minimum absolute atomic E-state index is 0.0352. The Morgan fingerprint density at radius 1 is 0.679 bits per heavy atom. The highest BCUT2D eigenvalue weighted by Gasteiger charge is 2.48. The third-order valence-corrected chi connectivity index (χ3v) is 8.22. The van der Waals surface area contributed by atoms with Gasteiger partial charge in [0, 0.05) is 12.8 Å². The molecule has 4 aliphatic rings. The van der Waals surface area contributed by atoms with Gasteiger partial charge in [-0.3, -0.25) is 0 Å². The summed E-state index contributed by atoms with van der Waals surface area (Å²) >= 11 is 0. The second-order valence-corrected chi connectivity index (χ2v) is 10.8. The van der Waals surface area contributed by atoms with E-state index < -0.39 is 0 Å². The van der Waals surface area contributed by atoms with Crippen LogP contribution in [0.5, 0.6) is 0 Å². The van der Waals surface area contributed by atoms with Crippen molar-refractivity contribution in [2.75, 3.05) is 13.2 Å². The fourth-order valence-corrected chi connectivity index (χ4v) is 6.22. The molecule has 2 aliphatic heterocycles. The van der Waals surface area contributed by atoms with E-state index in [4.69, 9.17) is 18.9 Å². The first-order valence-corrected chi connectivity index (χ1v) is 12.0. The summed E-state index contributed by atoms with van der Waals surface area (Å²) in [5, 5.41) is 0. The average molecular weight is 395 g/mol. The highest BCUT2D eigenvalue weighted by Crippen LogP contribution is 2.49. The second-order valence-electron chi connectivity index (χ2n) is 10.8. The summed E-state index contributed by atoms with van der Waals surface area (Å²) in [4.78, 5) is 0. The molecule has 0 bridgehead atoms. The molecule has 2 heterocycles. The SMILES string of the molecule is CC(C)C1CCC2(CCC(OCCOC3CCC4(CCC(C(C)C)C4)O3)O2)C1. The normalized spacial score (nSPS) is 43.5. The first kappa shape index (κ1) is 21.1. The van der Waals surface area contributed by atoms with Crippen molar-refractivity contribution >= 4 is 0 Å². The molecule has 4 heteroatoms. The van der Waals surface area contributed by atoms with Crippen LogP contribution in [-0.2, 0) is 18.9 Å². The molecule has 0 amide bonds. The van der Waals surface area contributed by atoms with Crippen molar-refractivity contribution in [3.8, 4) is 0 Å². The predicted octanol–water partition coefficient (Wildman–Crippen LogP) is 5.68. The van der Waals surface area contributed by atoms with Crippen molar-refractivity contribution in [3.05, 3.63) is 0 Å². The molecule has 6 unspecified atom stereocenters. The standard InChI is InChI=1S/C24H42O4/c1-17(2)19-5-9-23(15-19)11-7-21(27-23)25-13-14-26-22-8-12-24(28-22)10-6-20(16-24)18(3)4/h17-22H,5-16H2,1-4H3. The van der Waals surface area contributed by atoms with Crippen LogP contribution in [0.15, 0.2) is 0 Å². The first-order valence-electron chi connectivity index (χ1n) is 12.0. The molecule has 2 saturated heterocycles. The lowest BCUT2D eigenvalue weighted by Gasteiger charge is -2.26. The van der Waals surface area contributed by atoms with Crippen molar-refractivity contribution in [1.82, 2.24) is 0 Å². The lowest BCUT2D eigenvalue weighted by atomic mass is 9.91. The van der Waals surface area contributed by atoms with Crippen LogP contribution in [0.2, 0.25) is 0 Å². The molecule has 162 valence electrons. The van der Waals surface area contributed by atoms with Gasteiger partial charge in [-0.25, -0.2) is 0 Å². The Bertz CT molecular complexity index is 475. The van der Waals surface area contributed by atoms with E-state index in [0.29, 0.717) is 13.2 Å². The minimum atomic E-state index is -0.0352. The van der Waals surface area contributed by atoms with Gasteiger partial charge in [-0.05, 0) is 75.0 Å². The van der Waals surface area contributed by atoms with Gasteiger partial charge in [0.15, 0.2) is 12.6 Å². The minimum Gasteiger partial charge on any atom is -0.350 e. The van der Waals surface area contributed by atoms with Gasteiger partial charge >= 0.3 is 0 Å². The molecule has 4 nitrogen and oxygen atoms in total. The van der Waals surface area contributed by atoms with Gasteiger partial charge in [0.1, 0.15) is 0 Å². The van der Waals surface area contributed by atoms with E-state index in [1.807, 2.05) is 0 Å². The average Bonchev–Trinajstić information content (AvgIpc) is 3.43. The van der Waals surface area contributed by atoms with E-state index in [9.17, 15) is 0 Å². The number of hydrogen-bond acceptors (Lipinski definition) is 4. The smallest absolute Gasteiger partial charge is 0.158 e. The van der Waals surface area contributed by atoms with E-state index in [0.717, 1.165) is 49.4 Å². The summed E-state index contributed by atoms with van der Waals surface area (Å²) in [5.41, 5.74) is 0.216. The first-order chi connectivity index (χ1) is 13.4. The van der Waals surface area contributed by atoms with Crippen molar-refractivity contribution < 1.29 is 18.9 Å². The van der Waals surface area contributed by atoms with Crippen molar-refractivity contribution in [2.45, 2.75) is 116 Å². The topological polar surface area (TPSA) is 36.9 Å². The van der Waals surface area contributed by atoms with E-state index in [-0.39, 0.29) is 23.8 Å². The fraction of sp³-hybridized carbons (Fsp3) is 1.00. The molecular formula is C24H42O4. The Hall–Kier alpha value is -0.160. The number of rotatable bonds is 7. The van der Waals surface area contributed by atoms with Gasteiger partial charge in [0.25, 0.3) is 0 Å². The molecule has 6 atom stereocenters. The summed E-state index contributed by atoms with van der Waals surface area (Å²) in [7, 11) is 0. The van der Waals surface area contributed by atoms with Crippen LogP contribution in [0.1, 0.15) is 91.9 Å². The fourth-order valence-electron chi connectivity index (χ4n) is 6.22. The molecule has 0 aromatic carbocycles. The zero-order chi connectivity index (χ0) is 19.8. The molecule has 0 aromatic rings. The Balaban J connectivity index is 1.12. The molecule has 2 spiro atoms. The van der Waals surface area contributed by atoms with Crippen LogP contribution in [0.4, 0.5) is 0 Å². The third kappa shape index (κ3) is 4.61. The van der Waals surface area contributed by atoms with Crippen LogP contribution in [0.25, 0.3) is 0 Å². The maximum Gasteiger partial charge on any atom is 0.158 e. The van der Waals surface area contributed by atoms with Gasteiger partial charge in [-0.2, -0.15) is 0 Å². The van der Waals surface area contributed by atoms with Gasteiger partial charge in [-0.1, -0.05) is 27.7 Å². The van der Waals surface area contributed by atoms with E-state index >= 15 is 0 Å². The molecule has 0 aromatic heterocycles. The number of ether oxygens (including phenoxy) is 4. The molecule has 28 heavy (non-hydrogen) atoms. The number of hydrogen-bond donors (Lipinski definition) is 0. The zero-order valence-electron chi connectivity index (χ0n) is 18.6. The summed E-state index contributed by atoms with van der Waals surface area (Å²) in [6.07, 6.45) is 11.8. The van der Waals surface area contributed by atoms with Gasteiger partial charge in [-0.15, -0.1) is 0 Å². The Kier molecular flexibility index (Phi) is 6.42. The van der Waals surface area contributed by atoms with E-state index in [1.165, 1.54) is 38.5 Å². The van der Waals surface area contributed by atoms with Crippen LogP contribution in [0.3, 0.4) is 0 Å². The van der Waals surface area contributed by atoms with Crippen LogP contribution < -0.4 is 0 Å². The Morgan fingerprint density at radius 3 is 1.43 bits per heavy atom. The lowest BCUT2D eigenvalue weighted by molar-refractivity contribution is -0.199. The third-order valence-electron chi connectivity index (χ3n) is 8.22. The molecule has 0 N–H and O–H groups in total. The highest BCUT2D eigenvalue weighted by molar-refractivity contribution is 4.96. The van der Waals surface area contributed by atoms with Crippen molar-refractivity contribution in [1.29, 1.82) is 0 Å². The largest absolute Gasteiger partial charge is 0.350 e. The van der Waals surface area contributed by atoms with Crippen LogP contribution >= 0.6 is 0 Å². The van der Waals surface area contributed by atoms with E-state index in [1.54, 1.807) is 0 Å². The van der Waals surface area contributed by atoms with Crippen LogP contribution in [-0.4, -0.2) is 37.0 Å². The zero-order valence-corrected chi connectivity index (χ0v) is 18.6. The maximum absolute atomic E-state index is 6.36. The summed E-state index contributed by atoms with van der Waals surface area (Å²) in [6.45, 7) is 10.6. The van der Waals surface area contributed by atoms with Crippen molar-refractivity contribution in [3.63, 3.8) is 0 Å². The molecule has 4 fully saturated rings. The van der Waals surface area contributed by atoms with Crippen molar-refractivity contribution in [2.24, 2.45) is 23.7 Å². The quantitative estimate of drug-likeness (QED) is 0.520. The monoisotopic (exact) mass is 394 g/mol. The lowest BCUT2D eigenvalue weighted by Crippen LogP contribution is -2.29. The molecule has 2 saturated carbocycles. The van der Waals surface area contributed by atoms with Gasteiger partial charge < -0.3 is 18.9 Å². The van der Waals surface area contributed by atoms with Crippen LogP contribution in [0, 0.1) is 23.7 Å². The molecule has 2 aliphatic carbocycles. The highest BCUT2D eigenvalue weighted by atomic mass is 16.7. The molecular weight excluding hydrogens is 352 g/mol.